The van der Waals surface area contributed by atoms with Crippen LogP contribution in [0.15, 0.2) is 36.5 Å². The fourth-order valence-electron chi connectivity index (χ4n) is 2.24. The normalized spacial score (nSPS) is 13.7. The Morgan fingerprint density at radius 2 is 2.05 bits per heavy atom. The SMILES string of the molecule is Nc1ncc2c(n1)CN(CCc1ccccc1)C2=O. The number of aromatic nitrogens is 2. The summed E-state index contributed by atoms with van der Waals surface area (Å²) in [6.45, 7) is 1.20. The number of hydrogen-bond donors (Lipinski definition) is 1. The van der Waals surface area contributed by atoms with Crippen molar-refractivity contribution in [3.63, 3.8) is 0 Å². The predicted molar refractivity (Wildman–Crippen MR) is 71.3 cm³/mol. The molecular weight excluding hydrogens is 240 g/mol. The standard InChI is InChI=1S/C14H14N4O/c15-14-16-8-11-12(17-14)9-18(13(11)19)7-6-10-4-2-1-3-5-10/h1-5,8H,6-7,9H2,(H2,15,16,17). The molecule has 0 atom stereocenters. The molecule has 0 aliphatic carbocycles. The summed E-state index contributed by atoms with van der Waals surface area (Å²) in [5, 5.41) is 0. The summed E-state index contributed by atoms with van der Waals surface area (Å²) in [7, 11) is 0. The molecule has 3 rings (SSSR count). The van der Waals surface area contributed by atoms with Crippen molar-refractivity contribution in [3.05, 3.63) is 53.3 Å². The predicted octanol–water partition coefficient (Wildman–Crippen LogP) is 1.26. The molecule has 2 N–H and O–H groups in total. The Morgan fingerprint density at radius 1 is 1.26 bits per heavy atom. The van der Waals surface area contributed by atoms with Crippen LogP contribution >= 0.6 is 0 Å². The summed E-state index contributed by atoms with van der Waals surface area (Å²) < 4.78 is 0. The molecule has 5 heteroatoms. The van der Waals surface area contributed by atoms with Gasteiger partial charge < -0.3 is 10.6 Å². The monoisotopic (exact) mass is 254 g/mol. The summed E-state index contributed by atoms with van der Waals surface area (Å²) in [6, 6.07) is 10.1. The zero-order valence-electron chi connectivity index (χ0n) is 10.4. The molecule has 0 spiro atoms. The quantitative estimate of drug-likeness (QED) is 0.895. The molecule has 1 aromatic carbocycles. The third-order valence-corrected chi connectivity index (χ3v) is 3.26. The number of nitrogens with zero attached hydrogens (tertiary/aromatic N) is 3. The average molecular weight is 254 g/mol. The van der Waals surface area contributed by atoms with Gasteiger partial charge in [0.1, 0.15) is 0 Å². The van der Waals surface area contributed by atoms with Crippen molar-refractivity contribution >= 4 is 11.9 Å². The van der Waals surface area contributed by atoms with Crippen molar-refractivity contribution in [2.75, 3.05) is 12.3 Å². The molecule has 0 saturated carbocycles. The number of benzene rings is 1. The molecule has 1 aliphatic rings. The van der Waals surface area contributed by atoms with Crippen molar-refractivity contribution < 1.29 is 4.79 Å². The Bertz CT molecular complexity index is 612. The highest BCUT2D eigenvalue weighted by atomic mass is 16.2. The van der Waals surface area contributed by atoms with E-state index in [4.69, 9.17) is 5.73 Å². The minimum absolute atomic E-state index is 0.00840. The number of rotatable bonds is 3. The minimum Gasteiger partial charge on any atom is -0.368 e. The fourth-order valence-corrected chi connectivity index (χ4v) is 2.24. The number of anilines is 1. The van der Waals surface area contributed by atoms with Crippen LogP contribution in [0.5, 0.6) is 0 Å². The summed E-state index contributed by atoms with van der Waals surface area (Å²) in [5.41, 5.74) is 8.05. The largest absolute Gasteiger partial charge is 0.368 e. The second-order valence-corrected chi connectivity index (χ2v) is 4.55. The maximum absolute atomic E-state index is 12.1. The number of carbonyl (C=O) groups excluding carboxylic acids is 1. The number of fused-ring (bicyclic) bond motifs is 1. The van der Waals surface area contributed by atoms with Gasteiger partial charge in [0.25, 0.3) is 5.91 Å². The molecule has 2 heterocycles. The van der Waals surface area contributed by atoms with E-state index in [0.29, 0.717) is 18.7 Å². The van der Waals surface area contributed by atoms with Crippen molar-refractivity contribution in [2.45, 2.75) is 13.0 Å². The number of amides is 1. The van der Waals surface area contributed by atoms with Crippen LogP contribution in [0.3, 0.4) is 0 Å². The van der Waals surface area contributed by atoms with Gasteiger partial charge in [-0.3, -0.25) is 4.79 Å². The van der Waals surface area contributed by atoms with E-state index < -0.39 is 0 Å². The molecule has 5 nitrogen and oxygen atoms in total. The van der Waals surface area contributed by atoms with Crippen LogP contribution in [0.1, 0.15) is 21.6 Å². The van der Waals surface area contributed by atoms with Gasteiger partial charge in [0, 0.05) is 12.7 Å². The first-order valence-electron chi connectivity index (χ1n) is 6.18. The highest BCUT2D eigenvalue weighted by Gasteiger charge is 2.28. The third kappa shape index (κ3) is 2.27. The van der Waals surface area contributed by atoms with Crippen molar-refractivity contribution in [2.24, 2.45) is 0 Å². The second kappa shape index (κ2) is 4.68. The van der Waals surface area contributed by atoms with Gasteiger partial charge >= 0.3 is 0 Å². The molecule has 19 heavy (non-hydrogen) atoms. The zero-order valence-corrected chi connectivity index (χ0v) is 10.4. The van der Waals surface area contributed by atoms with Gasteiger partial charge in [-0.25, -0.2) is 9.97 Å². The summed E-state index contributed by atoms with van der Waals surface area (Å²) in [6.07, 6.45) is 2.35. The van der Waals surface area contributed by atoms with Gasteiger partial charge in [0.2, 0.25) is 5.95 Å². The molecule has 96 valence electrons. The van der Waals surface area contributed by atoms with Crippen LogP contribution < -0.4 is 5.73 Å². The van der Waals surface area contributed by atoms with Crippen LogP contribution in [0.4, 0.5) is 5.95 Å². The first-order valence-corrected chi connectivity index (χ1v) is 6.18. The van der Waals surface area contributed by atoms with Gasteiger partial charge in [-0.2, -0.15) is 0 Å². The molecule has 1 amide bonds. The van der Waals surface area contributed by atoms with Crippen LogP contribution in [0.2, 0.25) is 0 Å². The lowest BCUT2D eigenvalue weighted by atomic mass is 10.1. The molecule has 0 fully saturated rings. The van der Waals surface area contributed by atoms with E-state index in [2.05, 4.69) is 22.1 Å². The Balaban J connectivity index is 1.70. The lowest BCUT2D eigenvalue weighted by Gasteiger charge is -2.14. The van der Waals surface area contributed by atoms with Crippen molar-refractivity contribution in [3.8, 4) is 0 Å². The highest BCUT2D eigenvalue weighted by molar-refractivity contribution is 5.97. The second-order valence-electron chi connectivity index (χ2n) is 4.55. The zero-order chi connectivity index (χ0) is 13.2. The Hall–Kier alpha value is -2.43. The smallest absolute Gasteiger partial charge is 0.257 e. The maximum Gasteiger partial charge on any atom is 0.257 e. The van der Waals surface area contributed by atoms with E-state index in [9.17, 15) is 4.79 Å². The molecule has 0 radical (unpaired) electrons. The fraction of sp³-hybridized carbons (Fsp3) is 0.214. The van der Waals surface area contributed by atoms with E-state index in [-0.39, 0.29) is 11.9 Å². The van der Waals surface area contributed by atoms with E-state index in [1.807, 2.05) is 18.2 Å². The molecule has 1 aromatic heterocycles. The van der Waals surface area contributed by atoms with Gasteiger partial charge in [-0.05, 0) is 12.0 Å². The maximum atomic E-state index is 12.1. The van der Waals surface area contributed by atoms with E-state index in [1.54, 1.807) is 4.90 Å². The molecule has 0 bridgehead atoms. The van der Waals surface area contributed by atoms with Crippen LogP contribution in [-0.4, -0.2) is 27.3 Å². The summed E-state index contributed by atoms with van der Waals surface area (Å²) in [4.78, 5) is 21.9. The van der Waals surface area contributed by atoms with Crippen LogP contribution in [-0.2, 0) is 13.0 Å². The summed E-state index contributed by atoms with van der Waals surface area (Å²) in [5.74, 6) is 0.211. The Kier molecular flexibility index (Phi) is 2.87. The van der Waals surface area contributed by atoms with Gasteiger partial charge in [0.05, 0.1) is 17.8 Å². The van der Waals surface area contributed by atoms with Crippen molar-refractivity contribution in [1.29, 1.82) is 0 Å². The Morgan fingerprint density at radius 3 is 2.84 bits per heavy atom. The van der Waals surface area contributed by atoms with E-state index in [1.165, 1.54) is 11.8 Å². The molecule has 2 aromatic rings. The first kappa shape index (κ1) is 11.6. The molecular formula is C14H14N4O. The lowest BCUT2D eigenvalue weighted by molar-refractivity contribution is 0.0780. The number of nitrogen functional groups attached to an aromatic ring is 1. The topological polar surface area (TPSA) is 72.1 Å². The van der Waals surface area contributed by atoms with Crippen LogP contribution in [0, 0.1) is 0 Å². The number of hydrogen-bond acceptors (Lipinski definition) is 4. The van der Waals surface area contributed by atoms with Crippen molar-refractivity contribution in [1.82, 2.24) is 14.9 Å². The highest BCUT2D eigenvalue weighted by Crippen LogP contribution is 2.20. The van der Waals surface area contributed by atoms with Gasteiger partial charge in [0.15, 0.2) is 0 Å². The van der Waals surface area contributed by atoms with E-state index >= 15 is 0 Å². The first-order chi connectivity index (χ1) is 9.24. The minimum atomic E-state index is -0.00840. The average Bonchev–Trinajstić information content (AvgIpc) is 2.74. The number of carbonyl (C=O) groups is 1. The van der Waals surface area contributed by atoms with Gasteiger partial charge in [-0.1, -0.05) is 30.3 Å². The third-order valence-electron chi connectivity index (χ3n) is 3.26. The van der Waals surface area contributed by atoms with E-state index in [0.717, 1.165) is 12.1 Å². The van der Waals surface area contributed by atoms with Crippen LogP contribution in [0.25, 0.3) is 0 Å². The Labute approximate surface area is 111 Å². The molecule has 0 saturated heterocycles. The molecule has 1 aliphatic heterocycles. The molecule has 0 unspecified atom stereocenters. The number of nitrogens with two attached hydrogens (primary N) is 1. The lowest BCUT2D eigenvalue weighted by Crippen LogP contribution is -2.26. The van der Waals surface area contributed by atoms with Gasteiger partial charge in [-0.15, -0.1) is 0 Å². The summed E-state index contributed by atoms with van der Waals surface area (Å²) >= 11 is 0.